The van der Waals surface area contributed by atoms with Crippen LogP contribution in [0.15, 0.2) is 0 Å². The van der Waals surface area contributed by atoms with Crippen molar-refractivity contribution in [3.05, 3.63) is 0 Å². The standard InChI is InChI=1S/C25H48N6O8.CH4O3S.Fe/c1-21(32)29(37)18-9-3-6-16-27-22(33)12-14-25(36)31(39)20-10-4-7-17-28-23(34)11-13-24(35)30(38)19-8-2-5-15-26;1-5(2,3)4;/h37-39H,2-20,26H2,1H3,(H,27,33)(H,28,34);1H3,(H,2,3,4);. The Morgan fingerprint density at radius 3 is 1.29 bits per heavy atom. The van der Waals surface area contributed by atoms with E-state index in [4.69, 9.17) is 10.3 Å². The Labute approximate surface area is 276 Å². The van der Waals surface area contributed by atoms with Gasteiger partial charge in [-0.1, -0.05) is 6.42 Å². The number of nitrogens with zero attached hydrogens (tertiary/aromatic N) is 3. The fourth-order valence-electron chi connectivity index (χ4n) is 3.45. The van der Waals surface area contributed by atoms with Crippen molar-refractivity contribution in [2.75, 3.05) is 45.5 Å². The average Bonchev–Trinajstić information content (AvgIpc) is 2.94. The molecule has 0 aromatic rings. The molecule has 0 saturated heterocycles. The molecule has 0 aliphatic rings. The maximum atomic E-state index is 12.0. The van der Waals surface area contributed by atoms with Gasteiger partial charge in [0.25, 0.3) is 10.1 Å². The zero-order chi connectivity index (χ0) is 34.0. The van der Waals surface area contributed by atoms with E-state index in [1.54, 1.807) is 0 Å². The third-order valence-corrected chi connectivity index (χ3v) is 5.88. The number of nitrogens with one attached hydrogen (secondary N) is 2. The van der Waals surface area contributed by atoms with Crippen LogP contribution in [0.1, 0.15) is 90.4 Å². The van der Waals surface area contributed by atoms with Crippen molar-refractivity contribution >= 4 is 39.7 Å². The van der Waals surface area contributed by atoms with Crippen LogP contribution in [0.2, 0.25) is 0 Å². The van der Waals surface area contributed by atoms with Gasteiger partial charge in [0.2, 0.25) is 29.5 Å². The number of unbranched alkanes of at least 4 members (excludes halogenated alkanes) is 6. The minimum Gasteiger partial charge on any atom is -0.356 e. The summed E-state index contributed by atoms with van der Waals surface area (Å²) in [5, 5.41) is 36.1. The fraction of sp³-hybridized carbons (Fsp3) is 0.808. The molecule has 0 rings (SSSR count). The predicted molar refractivity (Wildman–Crippen MR) is 159 cm³/mol. The first kappa shape index (κ1) is 47.0. The van der Waals surface area contributed by atoms with Crippen LogP contribution in [-0.2, 0) is 51.2 Å². The van der Waals surface area contributed by atoms with E-state index in [2.05, 4.69) is 10.6 Å². The van der Waals surface area contributed by atoms with E-state index >= 15 is 0 Å². The molecule has 0 spiro atoms. The van der Waals surface area contributed by atoms with Crippen molar-refractivity contribution in [3.8, 4) is 0 Å². The van der Waals surface area contributed by atoms with Crippen LogP contribution in [0.25, 0.3) is 0 Å². The Kier molecular flexibility index (Phi) is 30.4. The number of carbonyl (C=O) groups excluding carboxylic acids is 5. The summed E-state index contributed by atoms with van der Waals surface area (Å²) >= 11 is 0. The van der Waals surface area contributed by atoms with Gasteiger partial charge in [0.05, 0.1) is 6.26 Å². The van der Waals surface area contributed by atoms with E-state index in [1.807, 2.05) is 0 Å². The molecule has 0 atom stereocenters. The topological polar surface area (TPSA) is 260 Å². The third kappa shape index (κ3) is 34.3. The Morgan fingerprint density at radius 2 is 0.956 bits per heavy atom. The third-order valence-electron chi connectivity index (χ3n) is 5.88. The number of nitrogens with two attached hydrogens (primary N) is 1. The fourth-order valence-corrected chi connectivity index (χ4v) is 3.45. The normalized spacial score (nSPS) is 10.5. The molecule has 0 heterocycles. The summed E-state index contributed by atoms with van der Waals surface area (Å²) < 4.78 is 25.9. The van der Waals surface area contributed by atoms with Gasteiger partial charge in [-0.2, -0.15) is 8.42 Å². The van der Waals surface area contributed by atoms with Crippen molar-refractivity contribution in [1.82, 2.24) is 25.8 Å². The smallest absolute Gasteiger partial charge is 0.261 e. The number of amides is 5. The van der Waals surface area contributed by atoms with Crippen LogP contribution in [-0.4, -0.2) is 119 Å². The summed E-state index contributed by atoms with van der Waals surface area (Å²) in [5.41, 5.74) is 5.39. The summed E-state index contributed by atoms with van der Waals surface area (Å²) in [6.07, 6.45) is 6.55. The zero-order valence-electron chi connectivity index (χ0n) is 26.3. The molecule has 0 radical (unpaired) electrons. The Balaban J connectivity index is -0.00000270. The van der Waals surface area contributed by atoms with E-state index in [1.165, 1.54) is 6.92 Å². The van der Waals surface area contributed by atoms with Crippen LogP contribution in [0.5, 0.6) is 0 Å². The van der Waals surface area contributed by atoms with Crippen LogP contribution in [0.3, 0.4) is 0 Å². The van der Waals surface area contributed by atoms with E-state index in [0.717, 1.165) is 19.3 Å². The average molecular weight is 713 g/mol. The molecule has 0 aliphatic carbocycles. The quantitative estimate of drug-likeness (QED) is 0.0250. The van der Waals surface area contributed by atoms with Gasteiger partial charge >= 0.3 is 0 Å². The van der Waals surface area contributed by atoms with Crippen molar-refractivity contribution in [2.24, 2.45) is 5.73 Å². The van der Waals surface area contributed by atoms with E-state index in [9.17, 15) is 48.0 Å². The number of hydroxylamine groups is 6. The molecule has 19 heteroatoms. The van der Waals surface area contributed by atoms with Gasteiger partial charge in [-0.05, 0) is 57.9 Å². The van der Waals surface area contributed by atoms with Gasteiger partial charge in [-0.3, -0.25) is 44.1 Å². The number of hydrogen-bond acceptors (Lipinski definition) is 11. The number of rotatable bonds is 23. The first-order valence-corrected chi connectivity index (χ1v) is 16.5. The summed E-state index contributed by atoms with van der Waals surface area (Å²) in [7, 11) is -3.67. The van der Waals surface area contributed by atoms with Gasteiger partial charge in [0.15, 0.2) is 0 Å². The van der Waals surface area contributed by atoms with Crippen LogP contribution >= 0.6 is 0 Å². The monoisotopic (exact) mass is 712 g/mol. The molecular weight excluding hydrogens is 660 g/mol. The second-order valence-corrected chi connectivity index (χ2v) is 11.5. The first-order valence-electron chi connectivity index (χ1n) is 14.7. The van der Waals surface area contributed by atoms with E-state index in [-0.39, 0.29) is 74.2 Å². The maximum Gasteiger partial charge on any atom is 0.261 e. The maximum absolute atomic E-state index is 12.0. The summed E-state index contributed by atoms with van der Waals surface area (Å²) in [4.78, 5) is 58.4. The minimum absolute atomic E-state index is 0. The van der Waals surface area contributed by atoms with Crippen LogP contribution in [0.4, 0.5) is 0 Å². The van der Waals surface area contributed by atoms with Crippen molar-refractivity contribution < 1.29 is 69.6 Å². The molecule has 266 valence electrons. The molecule has 0 saturated carbocycles. The SMILES string of the molecule is CC(=O)N(O)CCCCCNC(=O)CCC(=O)N(O)CCCCCNC(=O)CCC(=O)N(O)CCCCCN.CS(=O)(=O)O.[Fe]. The molecule has 0 aliphatic heterocycles. The molecule has 0 fully saturated rings. The molecule has 45 heavy (non-hydrogen) atoms. The molecule has 5 amide bonds. The van der Waals surface area contributed by atoms with E-state index < -0.39 is 27.8 Å². The van der Waals surface area contributed by atoms with Crippen LogP contribution < -0.4 is 16.4 Å². The molecule has 0 unspecified atom stereocenters. The first-order chi connectivity index (χ1) is 20.6. The Bertz CT molecular complexity index is 952. The Hall–Kier alpha value is -2.38. The molecule has 17 nitrogen and oxygen atoms in total. The van der Waals surface area contributed by atoms with Crippen LogP contribution in [0, 0.1) is 0 Å². The predicted octanol–water partition coefficient (Wildman–Crippen LogP) is 0.424. The Morgan fingerprint density at radius 1 is 0.622 bits per heavy atom. The molecule has 0 aromatic carbocycles. The summed E-state index contributed by atoms with van der Waals surface area (Å²) in [6.45, 7) is 3.22. The van der Waals surface area contributed by atoms with Gasteiger partial charge < -0.3 is 16.4 Å². The van der Waals surface area contributed by atoms with Crippen molar-refractivity contribution in [1.29, 1.82) is 0 Å². The number of hydrogen-bond donors (Lipinski definition) is 7. The summed E-state index contributed by atoms with van der Waals surface area (Å²) in [6, 6.07) is 0. The summed E-state index contributed by atoms with van der Waals surface area (Å²) in [5.74, 6) is -2.05. The largest absolute Gasteiger partial charge is 0.356 e. The van der Waals surface area contributed by atoms with Gasteiger partial charge in [-0.25, -0.2) is 15.2 Å². The van der Waals surface area contributed by atoms with Crippen molar-refractivity contribution in [2.45, 2.75) is 90.4 Å². The van der Waals surface area contributed by atoms with E-state index in [0.29, 0.717) is 79.6 Å². The van der Waals surface area contributed by atoms with Gasteiger partial charge in [0.1, 0.15) is 0 Å². The van der Waals surface area contributed by atoms with Gasteiger partial charge in [-0.15, -0.1) is 0 Å². The van der Waals surface area contributed by atoms with Gasteiger partial charge in [0, 0.05) is 82.4 Å². The molecule has 0 bridgehead atoms. The second kappa shape index (κ2) is 29.0. The van der Waals surface area contributed by atoms with Crippen molar-refractivity contribution in [3.63, 3.8) is 0 Å². The molecular formula is C26H52FeN6O11S. The minimum atomic E-state index is -3.67. The molecule has 0 aromatic heterocycles. The second-order valence-electron chi connectivity index (χ2n) is 10.1. The molecule has 8 N–H and O–H groups in total. The number of carbonyl (C=O) groups is 5. The zero-order valence-corrected chi connectivity index (χ0v) is 28.2.